The molecule has 0 bridgehead atoms. The molecular formula is C13H20O2Si. The van der Waals surface area contributed by atoms with Crippen LogP contribution in [0.5, 0.6) is 0 Å². The monoisotopic (exact) mass is 236 g/mol. The molecule has 88 valence electrons. The fourth-order valence-electron chi connectivity index (χ4n) is 1.77. The lowest BCUT2D eigenvalue weighted by atomic mass is 9.99. The van der Waals surface area contributed by atoms with E-state index in [1.54, 1.807) is 0 Å². The molecule has 2 atom stereocenters. The minimum Gasteiger partial charge on any atom is -0.388 e. The zero-order chi connectivity index (χ0) is 12.3. The molecule has 3 heteroatoms. The van der Waals surface area contributed by atoms with Crippen molar-refractivity contribution in [3.05, 3.63) is 35.9 Å². The Morgan fingerprint density at radius 3 is 2.12 bits per heavy atom. The summed E-state index contributed by atoms with van der Waals surface area (Å²) in [5.74, 6) is -0.311. The van der Waals surface area contributed by atoms with Crippen LogP contribution in [0.15, 0.2) is 30.3 Å². The topological polar surface area (TPSA) is 37.3 Å². The van der Waals surface area contributed by atoms with E-state index in [4.69, 9.17) is 0 Å². The van der Waals surface area contributed by atoms with Gasteiger partial charge in [-0.2, -0.15) is 0 Å². The Hall–Kier alpha value is -0.933. The number of rotatable bonds is 4. The summed E-state index contributed by atoms with van der Waals surface area (Å²) in [7, 11) is -1.82. The molecule has 0 saturated heterocycles. The van der Waals surface area contributed by atoms with Gasteiger partial charge in [0.25, 0.3) is 0 Å². The lowest BCUT2D eigenvalue weighted by Gasteiger charge is -2.24. The van der Waals surface area contributed by atoms with Crippen molar-refractivity contribution in [2.45, 2.75) is 32.7 Å². The quantitative estimate of drug-likeness (QED) is 0.816. The molecule has 2 nitrogen and oxygen atoms in total. The van der Waals surface area contributed by atoms with E-state index in [2.05, 4.69) is 0 Å². The Morgan fingerprint density at radius 1 is 1.19 bits per heavy atom. The van der Waals surface area contributed by atoms with E-state index < -0.39 is 14.2 Å². The van der Waals surface area contributed by atoms with Gasteiger partial charge in [-0.25, -0.2) is 0 Å². The SMILES string of the molecule is C[C@@H](C(=O)[Si](C)(C)C)[C@@H](O)c1ccccc1. The Kier molecular flexibility index (Phi) is 4.05. The number of carbonyl (C=O) groups excluding carboxylic acids is 1. The van der Waals surface area contributed by atoms with Gasteiger partial charge in [-0.15, -0.1) is 0 Å². The average Bonchev–Trinajstić information content (AvgIpc) is 2.26. The van der Waals surface area contributed by atoms with Gasteiger partial charge in [0.1, 0.15) is 13.5 Å². The van der Waals surface area contributed by atoms with Gasteiger partial charge in [-0.3, -0.25) is 0 Å². The fraction of sp³-hybridized carbons (Fsp3) is 0.462. The first-order chi connectivity index (χ1) is 7.34. The molecule has 0 aromatic heterocycles. The van der Waals surface area contributed by atoms with Crippen LogP contribution in [0.25, 0.3) is 0 Å². The van der Waals surface area contributed by atoms with E-state index in [9.17, 15) is 9.90 Å². The van der Waals surface area contributed by atoms with Gasteiger partial charge in [-0.1, -0.05) is 56.9 Å². The largest absolute Gasteiger partial charge is 0.388 e. The second-order valence-corrected chi connectivity index (χ2v) is 10.3. The summed E-state index contributed by atoms with van der Waals surface area (Å²) in [4.78, 5) is 12.1. The van der Waals surface area contributed by atoms with E-state index in [1.165, 1.54) is 0 Å². The summed E-state index contributed by atoms with van der Waals surface area (Å²) < 4.78 is 0. The van der Waals surface area contributed by atoms with E-state index >= 15 is 0 Å². The van der Waals surface area contributed by atoms with Gasteiger partial charge in [0.15, 0.2) is 0 Å². The normalized spacial score (nSPS) is 15.6. The van der Waals surface area contributed by atoms with Crippen molar-refractivity contribution in [1.29, 1.82) is 0 Å². The minimum absolute atomic E-state index is 0.226. The maximum Gasteiger partial charge on any atom is 0.124 e. The zero-order valence-corrected chi connectivity index (χ0v) is 11.4. The maximum absolute atomic E-state index is 12.1. The number of benzene rings is 1. The van der Waals surface area contributed by atoms with E-state index in [-0.39, 0.29) is 11.3 Å². The van der Waals surface area contributed by atoms with Crippen molar-refractivity contribution in [2.24, 2.45) is 5.92 Å². The highest BCUT2D eigenvalue weighted by atomic mass is 28.3. The Labute approximate surface area is 98.3 Å². The van der Waals surface area contributed by atoms with Crippen molar-refractivity contribution in [2.75, 3.05) is 0 Å². The molecular weight excluding hydrogens is 216 g/mol. The first kappa shape index (κ1) is 13.1. The third kappa shape index (κ3) is 3.03. The van der Waals surface area contributed by atoms with Crippen LogP contribution in [0.3, 0.4) is 0 Å². The highest BCUT2D eigenvalue weighted by Gasteiger charge is 2.33. The minimum atomic E-state index is -1.82. The van der Waals surface area contributed by atoms with Gasteiger partial charge in [0.05, 0.1) is 6.10 Å². The van der Waals surface area contributed by atoms with Crippen LogP contribution < -0.4 is 0 Å². The average molecular weight is 236 g/mol. The van der Waals surface area contributed by atoms with Crippen LogP contribution in [-0.4, -0.2) is 18.6 Å². The number of carbonyl (C=O) groups is 1. The van der Waals surface area contributed by atoms with Gasteiger partial charge in [0.2, 0.25) is 0 Å². The highest BCUT2D eigenvalue weighted by Crippen LogP contribution is 2.25. The number of aliphatic hydroxyl groups is 1. The standard InChI is InChI=1S/C13H20O2Si/c1-10(13(15)16(2,3)4)12(14)11-8-6-5-7-9-11/h5-10,12,14H,1-4H3/t10-,12-/m1/s1. The van der Waals surface area contributed by atoms with Crippen LogP contribution in [0.1, 0.15) is 18.6 Å². The van der Waals surface area contributed by atoms with Crippen molar-refractivity contribution in [3.63, 3.8) is 0 Å². The second-order valence-electron chi connectivity index (χ2n) is 5.26. The van der Waals surface area contributed by atoms with Crippen LogP contribution in [0.4, 0.5) is 0 Å². The molecule has 0 heterocycles. The van der Waals surface area contributed by atoms with Gasteiger partial charge < -0.3 is 9.90 Å². The molecule has 0 aliphatic heterocycles. The first-order valence-electron chi connectivity index (χ1n) is 5.61. The third-order valence-corrected chi connectivity index (χ3v) is 4.70. The van der Waals surface area contributed by atoms with Crippen molar-refractivity contribution < 1.29 is 9.90 Å². The Balaban J connectivity index is 2.83. The number of aliphatic hydroxyl groups excluding tert-OH is 1. The molecule has 1 aromatic rings. The van der Waals surface area contributed by atoms with Crippen LogP contribution in [0.2, 0.25) is 19.6 Å². The first-order valence-corrected chi connectivity index (χ1v) is 9.11. The predicted molar refractivity (Wildman–Crippen MR) is 68.9 cm³/mol. The summed E-state index contributed by atoms with van der Waals surface area (Å²) in [5.41, 5.74) is 0.821. The third-order valence-electron chi connectivity index (χ3n) is 2.77. The molecule has 1 rings (SSSR count). The maximum atomic E-state index is 12.1. The molecule has 0 aliphatic carbocycles. The predicted octanol–water partition coefficient (Wildman–Crippen LogP) is 2.80. The molecule has 0 saturated carbocycles. The molecule has 16 heavy (non-hydrogen) atoms. The second kappa shape index (κ2) is 4.93. The summed E-state index contributed by atoms with van der Waals surface area (Å²) in [6.07, 6.45) is -0.680. The zero-order valence-electron chi connectivity index (χ0n) is 10.4. The molecule has 0 aliphatic rings. The van der Waals surface area contributed by atoms with Gasteiger partial charge in [0, 0.05) is 5.92 Å². The smallest absolute Gasteiger partial charge is 0.124 e. The summed E-state index contributed by atoms with van der Waals surface area (Å²) in [6, 6.07) is 9.38. The van der Waals surface area contributed by atoms with Crippen LogP contribution in [-0.2, 0) is 4.79 Å². The van der Waals surface area contributed by atoms with Gasteiger partial charge in [-0.05, 0) is 5.56 Å². The highest BCUT2D eigenvalue weighted by molar-refractivity contribution is 7.03. The van der Waals surface area contributed by atoms with Crippen molar-refractivity contribution in [3.8, 4) is 0 Å². The van der Waals surface area contributed by atoms with Gasteiger partial charge >= 0.3 is 0 Å². The summed E-state index contributed by atoms with van der Waals surface area (Å²) >= 11 is 0. The number of hydrogen-bond acceptors (Lipinski definition) is 2. The van der Waals surface area contributed by atoms with E-state index in [0.29, 0.717) is 0 Å². The number of hydrogen-bond donors (Lipinski definition) is 1. The van der Waals surface area contributed by atoms with E-state index in [1.807, 2.05) is 56.9 Å². The molecule has 0 spiro atoms. The molecule has 1 N–H and O–H groups in total. The molecule has 0 fully saturated rings. The van der Waals surface area contributed by atoms with Crippen molar-refractivity contribution >= 4 is 13.5 Å². The lowest BCUT2D eigenvalue weighted by molar-refractivity contribution is -0.118. The van der Waals surface area contributed by atoms with Crippen LogP contribution >= 0.6 is 0 Å². The van der Waals surface area contributed by atoms with E-state index in [0.717, 1.165) is 5.56 Å². The molecule has 0 unspecified atom stereocenters. The van der Waals surface area contributed by atoms with Crippen molar-refractivity contribution in [1.82, 2.24) is 0 Å². The molecule has 0 amide bonds. The lowest BCUT2D eigenvalue weighted by Crippen LogP contribution is -2.40. The fourth-order valence-corrected chi connectivity index (χ4v) is 3.29. The Bertz CT molecular complexity index is 354. The summed E-state index contributed by atoms with van der Waals surface area (Å²) in [5, 5.41) is 10.3. The Morgan fingerprint density at radius 2 is 1.69 bits per heavy atom. The molecule has 0 radical (unpaired) electrons. The van der Waals surface area contributed by atoms with Crippen LogP contribution in [0, 0.1) is 5.92 Å². The molecule has 1 aromatic carbocycles. The summed E-state index contributed by atoms with van der Waals surface area (Å²) in [6.45, 7) is 7.87.